The molecule has 1 fully saturated rings. The first-order valence-electron chi connectivity index (χ1n) is 10.9. The number of hydrogen-bond acceptors (Lipinski definition) is 4. The summed E-state index contributed by atoms with van der Waals surface area (Å²) in [5.74, 6) is 0.604. The first-order valence-corrected chi connectivity index (χ1v) is 11.8. The molecule has 0 bridgehead atoms. The number of hydrazone groups is 1. The Labute approximate surface area is 188 Å². The van der Waals surface area contributed by atoms with Crippen LogP contribution in [-0.2, 0) is 13.0 Å². The summed E-state index contributed by atoms with van der Waals surface area (Å²) in [4.78, 5) is 16.0. The molecule has 5 heteroatoms. The topological polar surface area (TPSA) is 44.7 Å². The Kier molecular flexibility index (Phi) is 7.28. The van der Waals surface area contributed by atoms with Crippen LogP contribution >= 0.6 is 11.3 Å². The Bertz CT molecular complexity index is 989. The summed E-state index contributed by atoms with van der Waals surface area (Å²) in [6.45, 7) is 5.11. The monoisotopic (exact) mass is 431 g/mol. The molecule has 1 aliphatic rings. The van der Waals surface area contributed by atoms with Gasteiger partial charge in [-0.1, -0.05) is 48.5 Å². The number of carbonyl (C=O) groups excluding carboxylic acids is 1. The molecule has 2 aromatic carbocycles. The number of carbonyl (C=O) groups is 1. The van der Waals surface area contributed by atoms with Crippen molar-refractivity contribution in [2.75, 3.05) is 13.1 Å². The Morgan fingerprint density at radius 2 is 1.74 bits per heavy atom. The number of nitrogens with one attached hydrogen (secondary N) is 1. The molecule has 31 heavy (non-hydrogen) atoms. The minimum atomic E-state index is -0.177. The van der Waals surface area contributed by atoms with Crippen LogP contribution in [0.25, 0.3) is 0 Å². The van der Waals surface area contributed by atoms with E-state index in [9.17, 15) is 4.79 Å². The number of benzene rings is 2. The average Bonchev–Trinajstić information content (AvgIpc) is 3.35. The van der Waals surface area contributed by atoms with Crippen molar-refractivity contribution in [2.24, 2.45) is 11.0 Å². The van der Waals surface area contributed by atoms with Gasteiger partial charge < -0.3 is 0 Å². The highest BCUT2D eigenvalue weighted by Crippen LogP contribution is 2.23. The van der Waals surface area contributed by atoms with Gasteiger partial charge in [0.05, 0.1) is 5.71 Å². The van der Waals surface area contributed by atoms with Gasteiger partial charge in [0, 0.05) is 17.0 Å². The fourth-order valence-corrected chi connectivity index (χ4v) is 4.73. The molecule has 0 saturated carbocycles. The van der Waals surface area contributed by atoms with Crippen LogP contribution in [0.15, 0.2) is 77.2 Å². The fourth-order valence-electron chi connectivity index (χ4n) is 4.05. The quantitative estimate of drug-likeness (QED) is 0.404. The van der Waals surface area contributed by atoms with Gasteiger partial charge in [0.15, 0.2) is 0 Å². The maximum Gasteiger partial charge on any atom is 0.271 e. The number of thiophene rings is 1. The predicted molar refractivity (Wildman–Crippen MR) is 129 cm³/mol. The van der Waals surface area contributed by atoms with Gasteiger partial charge in [-0.3, -0.25) is 9.69 Å². The van der Waals surface area contributed by atoms with Crippen LogP contribution < -0.4 is 5.43 Å². The predicted octanol–water partition coefficient (Wildman–Crippen LogP) is 5.36. The Morgan fingerprint density at radius 1 is 1.00 bits per heavy atom. The van der Waals surface area contributed by atoms with Crippen LogP contribution in [0.5, 0.6) is 0 Å². The third-order valence-electron chi connectivity index (χ3n) is 5.90. The normalized spacial score (nSPS) is 15.7. The summed E-state index contributed by atoms with van der Waals surface area (Å²) in [6.07, 6.45) is 3.68. The van der Waals surface area contributed by atoms with Crippen molar-refractivity contribution in [3.63, 3.8) is 0 Å². The van der Waals surface area contributed by atoms with Crippen LogP contribution in [0.4, 0.5) is 0 Å². The molecule has 0 aliphatic carbocycles. The van der Waals surface area contributed by atoms with E-state index in [0.29, 0.717) is 5.56 Å². The zero-order chi connectivity index (χ0) is 21.5. The lowest BCUT2D eigenvalue weighted by Gasteiger charge is -2.32. The summed E-state index contributed by atoms with van der Waals surface area (Å²) in [5, 5.41) is 6.22. The summed E-state index contributed by atoms with van der Waals surface area (Å²) in [7, 11) is 0. The molecule has 0 unspecified atom stereocenters. The third kappa shape index (κ3) is 6.12. The van der Waals surface area contributed by atoms with Gasteiger partial charge in [-0.15, -0.1) is 11.3 Å². The molecule has 2 heterocycles. The Morgan fingerprint density at radius 3 is 2.42 bits per heavy atom. The van der Waals surface area contributed by atoms with Gasteiger partial charge in [0.2, 0.25) is 0 Å². The van der Waals surface area contributed by atoms with Gasteiger partial charge in [-0.05, 0) is 79.9 Å². The van der Waals surface area contributed by atoms with Crippen molar-refractivity contribution in [3.05, 3.63) is 93.7 Å². The maximum atomic E-state index is 12.4. The second-order valence-corrected chi connectivity index (χ2v) is 9.17. The lowest BCUT2D eigenvalue weighted by atomic mass is 9.90. The largest absolute Gasteiger partial charge is 0.299 e. The minimum Gasteiger partial charge on any atom is -0.299 e. The minimum absolute atomic E-state index is 0.177. The molecule has 1 aliphatic heterocycles. The molecule has 3 aromatic rings. The molecular formula is C26H29N3OS. The first-order chi connectivity index (χ1) is 15.2. The van der Waals surface area contributed by atoms with Gasteiger partial charge in [0.1, 0.15) is 0 Å². The SMILES string of the molecule is C/C(=N/NC(=O)c1ccc(CN2CCC(Cc3ccccc3)CC2)cc1)c1cccs1. The van der Waals surface area contributed by atoms with Gasteiger partial charge in [0.25, 0.3) is 5.91 Å². The highest BCUT2D eigenvalue weighted by molar-refractivity contribution is 7.12. The van der Waals surface area contributed by atoms with E-state index < -0.39 is 0 Å². The Hall–Kier alpha value is -2.76. The number of piperidine rings is 1. The molecule has 1 aromatic heterocycles. The van der Waals surface area contributed by atoms with E-state index in [1.165, 1.54) is 30.4 Å². The zero-order valence-electron chi connectivity index (χ0n) is 18.0. The number of nitrogens with zero attached hydrogens (tertiary/aromatic N) is 2. The maximum absolute atomic E-state index is 12.4. The van der Waals surface area contributed by atoms with Crippen molar-refractivity contribution < 1.29 is 4.79 Å². The van der Waals surface area contributed by atoms with E-state index in [1.807, 2.05) is 36.6 Å². The molecule has 0 spiro atoms. The van der Waals surface area contributed by atoms with Crippen molar-refractivity contribution in [1.29, 1.82) is 0 Å². The van der Waals surface area contributed by atoms with Crippen molar-refractivity contribution >= 4 is 23.0 Å². The second-order valence-electron chi connectivity index (χ2n) is 8.22. The molecule has 1 amide bonds. The summed E-state index contributed by atoms with van der Waals surface area (Å²) >= 11 is 1.61. The van der Waals surface area contributed by atoms with Gasteiger partial charge >= 0.3 is 0 Å². The lowest BCUT2D eigenvalue weighted by Crippen LogP contribution is -2.33. The molecule has 4 rings (SSSR count). The number of hydrogen-bond donors (Lipinski definition) is 1. The highest BCUT2D eigenvalue weighted by Gasteiger charge is 2.19. The van der Waals surface area contributed by atoms with Crippen molar-refractivity contribution in [3.8, 4) is 0 Å². The third-order valence-corrected chi connectivity index (χ3v) is 6.88. The van der Waals surface area contributed by atoms with Crippen molar-refractivity contribution in [2.45, 2.75) is 32.7 Å². The van der Waals surface area contributed by atoms with E-state index in [2.05, 4.69) is 57.9 Å². The average molecular weight is 432 g/mol. The number of rotatable bonds is 7. The van der Waals surface area contributed by atoms with Crippen LogP contribution in [0, 0.1) is 5.92 Å². The summed E-state index contributed by atoms with van der Waals surface area (Å²) in [5.41, 5.74) is 6.80. The second kappa shape index (κ2) is 10.5. The van der Waals surface area contributed by atoms with E-state index in [1.54, 1.807) is 11.3 Å². The zero-order valence-corrected chi connectivity index (χ0v) is 18.8. The molecule has 1 N–H and O–H groups in total. The van der Waals surface area contributed by atoms with Crippen LogP contribution in [0.3, 0.4) is 0 Å². The smallest absolute Gasteiger partial charge is 0.271 e. The summed E-state index contributed by atoms with van der Waals surface area (Å²) in [6, 6.07) is 22.7. The van der Waals surface area contributed by atoms with Crippen LogP contribution in [-0.4, -0.2) is 29.6 Å². The molecule has 1 saturated heterocycles. The van der Waals surface area contributed by atoms with Gasteiger partial charge in [-0.25, -0.2) is 5.43 Å². The van der Waals surface area contributed by atoms with Crippen LogP contribution in [0.2, 0.25) is 0 Å². The van der Waals surface area contributed by atoms with E-state index >= 15 is 0 Å². The van der Waals surface area contributed by atoms with Crippen molar-refractivity contribution in [1.82, 2.24) is 10.3 Å². The van der Waals surface area contributed by atoms with E-state index in [-0.39, 0.29) is 5.91 Å². The lowest BCUT2D eigenvalue weighted by molar-refractivity contribution is 0.0955. The molecule has 160 valence electrons. The summed E-state index contributed by atoms with van der Waals surface area (Å²) < 4.78 is 0. The van der Waals surface area contributed by atoms with E-state index in [4.69, 9.17) is 0 Å². The van der Waals surface area contributed by atoms with E-state index in [0.717, 1.165) is 36.1 Å². The highest BCUT2D eigenvalue weighted by atomic mass is 32.1. The standard InChI is InChI=1S/C26H29N3OS/c1-20(25-8-5-17-31-25)27-28-26(30)24-11-9-23(10-12-24)19-29-15-13-22(14-16-29)18-21-6-3-2-4-7-21/h2-12,17,22H,13-16,18-19H2,1H3,(H,28,30)/b27-20-. The first kappa shape index (κ1) is 21.5. The molecule has 0 radical (unpaired) electrons. The van der Waals surface area contributed by atoms with Crippen LogP contribution in [0.1, 0.15) is 46.1 Å². The Balaban J connectivity index is 1.24. The van der Waals surface area contributed by atoms with Gasteiger partial charge in [-0.2, -0.15) is 5.10 Å². The fraction of sp³-hybridized carbons (Fsp3) is 0.308. The molecular weight excluding hydrogens is 402 g/mol. The number of likely N-dealkylation sites (tertiary alicyclic amines) is 1. The molecule has 0 atom stereocenters. The molecule has 4 nitrogen and oxygen atoms in total. The number of amides is 1.